The zero-order valence-electron chi connectivity index (χ0n) is 10.1. The first-order chi connectivity index (χ1) is 8.16. The number of amides is 1. The van der Waals surface area contributed by atoms with Crippen molar-refractivity contribution in [2.24, 2.45) is 7.05 Å². The second-order valence-corrected chi connectivity index (χ2v) is 4.67. The molecule has 4 heteroatoms. The number of hydrogen-bond acceptors (Lipinski definition) is 2. The SMILES string of the molecule is Cn1ccc(C(=O)NC2CCCCC2)cc1=O. The average molecular weight is 234 g/mol. The Hall–Kier alpha value is -1.58. The molecule has 1 aliphatic carbocycles. The van der Waals surface area contributed by atoms with Crippen LogP contribution in [0.2, 0.25) is 0 Å². The lowest BCUT2D eigenvalue weighted by Crippen LogP contribution is -2.36. The molecule has 0 bridgehead atoms. The third-order valence-electron chi connectivity index (χ3n) is 3.31. The van der Waals surface area contributed by atoms with Crippen molar-refractivity contribution in [3.05, 3.63) is 34.2 Å². The van der Waals surface area contributed by atoms with E-state index in [-0.39, 0.29) is 17.5 Å². The lowest BCUT2D eigenvalue weighted by Gasteiger charge is -2.22. The highest BCUT2D eigenvalue weighted by Crippen LogP contribution is 2.17. The molecule has 17 heavy (non-hydrogen) atoms. The zero-order chi connectivity index (χ0) is 12.3. The van der Waals surface area contributed by atoms with Gasteiger partial charge >= 0.3 is 0 Å². The molecule has 92 valence electrons. The highest BCUT2D eigenvalue weighted by molar-refractivity contribution is 5.94. The molecule has 1 amide bonds. The molecule has 1 fully saturated rings. The van der Waals surface area contributed by atoms with Crippen LogP contribution in [0.5, 0.6) is 0 Å². The molecule has 1 aliphatic rings. The molecule has 0 unspecified atom stereocenters. The second kappa shape index (κ2) is 5.17. The van der Waals surface area contributed by atoms with Crippen molar-refractivity contribution < 1.29 is 4.79 Å². The molecular weight excluding hydrogens is 216 g/mol. The number of hydrogen-bond donors (Lipinski definition) is 1. The molecular formula is C13H18N2O2. The van der Waals surface area contributed by atoms with Crippen molar-refractivity contribution in [1.29, 1.82) is 0 Å². The topological polar surface area (TPSA) is 51.1 Å². The summed E-state index contributed by atoms with van der Waals surface area (Å²) in [5, 5.41) is 2.99. The number of nitrogens with one attached hydrogen (secondary N) is 1. The lowest BCUT2D eigenvalue weighted by atomic mass is 9.95. The van der Waals surface area contributed by atoms with Gasteiger partial charge in [0.15, 0.2) is 0 Å². The summed E-state index contributed by atoms with van der Waals surface area (Å²) in [5.41, 5.74) is 0.306. The Morgan fingerprint density at radius 1 is 1.35 bits per heavy atom. The molecule has 0 spiro atoms. The largest absolute Gasteiger partial charge is 0.349 e. The number of carbonyl (C=O) groups excluding carboxylic acids is 1. The van der Waals surface area contributed by atoms with Crippen LogP contribution in [0.3, 0.4) is 0 Å². The smallest absolute Gasteiger partial charge is 0.251 e. The van der Waals surface area contributed by atoms with Crippen molar-refractivity contribution in [3.63, 3.8) is 0 Å². The molecule has 0 radical (unpaired) electrons. The van der Waals surface area contributed by atoms with Crippen LogP contribution in [0.15, 0.2) is 23.1 Å². The summed E-state index contributed by atoms with van der Waals surface area (Å²) < 4.78 is 1.46. The quantitative estimate of drug-likeness (QED) is 0.842. The van der Waals surface area contributed by atoms with Gasteiger partial charge in [-0.1, -0.05) is 19.3 Å². The first kappa shape index (κ1) is 11.9. The monoisotopic (exact) mass is 234 g/mol. The van der Waals surface area contributed by atoms with E-state index in [0.717, 1.165) is 12.8 Å². The van der Waals surface area contributed by atoms with Crippen molar-refractivity contribution >= 4 is 5.91 Å². The number of aromatic nitrogens is 1. The van der Waals surface area contributed by atoms with Gasteiger partial charge in [-0.3, -0.25) is 9.59 Å². The fraction of sp³-hybridized carbons (Fsp3) is 0.538. The Morgan fingerprint density at radius 3 is 2.71 bits per heavy atom. The van der Waals surface area contributed by atoms with Gasteiger partial charge in [0.1, 0.15) is 0 Å². The van der Waals surface area contributed by atoms with Crippen LogP contribution < -0.4 is 10.9 Å². The first-order valence-electron chi connectivity index (χ1n) is 6.14. The van der Waals surface area contributed by atoms with E-state index in [1.54, 1.807) is 19.3 Å². The standard InChI is InChI=1S/C13H18N2O2/c1-15-8-7-10(9-12(15)16)13(17)14-11-5-3-2-4-6-11/h7-9,11H,2-6H2,1H3,(H,14,17). The molecule has 0 aromatic carbocycles. The summed E-state index contributed by atoms with van der Waals surface area (Å²) in [5.74, 6) is -0.130. The van der Waals surface area contributed by atoms with E-state index in [1.807, 2.05) is 0 Å². The van der Waals surface area contributed by atoms with Crippen LogP contribution in [0.4, 0.5) is 0 Å². The van der Waals surface area contributed by atoms with E-state index in [0.29, 0.717) is 5.56 Å². The van der Waals surface area contributed by atoms with Crippen LogP contribution >= 0.6 is 0 Å². The van der Waals surface area contributed by atoms with Crippen LogP contribution in [0, 0.1) is 0 Å². The first-order valence-corrected chi connectivity index (χ1v) is 6.14. The van der Waals surface area contributed by atoms with Crippen molar-refractivity contribution in [2.45, 2.75) is 38.1 Å². The van der Waals surface area contributed by atoms with Gasteiger partial charge in [0, 0.05) is 30.9 Å². The van der Waals surface area contributed by atoms with Gasteiger partial charge in [0.2, 0.25) is 0 Å². The predicted octanol–water partition coefficient (Wildman–Crippen LogP) is 1.45. The van der Waals surface area contributed by atoms with Gasteiger partial charge in [0.05, 0.1) is 0 Å². The molecule has 0 saturated heterocycles. The number of rotatable bonds is 2. The van der Waals surface area contributed by atoms with Gasteiger partial charge in [-0.15, -0.1) is 0 Å². The van der Waals surface area contributed by atoms with Gasteiger partial charge in [-0.05, 0) is 18.9 Å². The fourth-order valence-electron chi connectivity index (χ4n) is 2.21. The highest BCUT2D eigenvalue weighted by atomic mass is 16.2. The van der Waals surface area contributed by atoms with Crippen LogP contribution in [-0.2, 0) is 7.05 Å². The van der Waals surface area contributed by atoms with E-state index in [2.05, 4.69) is 5.32 Å². The third kappa shape index (κ3) is 2.96. The summed E-state index contributed by atoms with van der Waals surface area (Å²) in [6, 6.07) is 3.35. The molecule has 4 nitrogen and oxygen atoms in total. The zero-order valence-corrected chi connectivity index (χ0v) is 10.1. The molecule has 1 heterocycles. The average Bonchev–Trinajstić information content (AvgIpc) is 2.34. The van der Waals surface area contributed by atoms with Gasteiger partial charge < -0.3 is 9.88 Å². The minimum Gasteiger partial charge on any atom is -0.349 e. The molecule has 0 atom stereocenters. The second-order valence-electron chi connectivity index (χ2n) is 4.67. The Morgan fingerprint density at radius 2 is 2.06 bits per heavy atom. The molecule has 1 aromatic heterocycles. The predicted molar refractivity (Wildman–Crippen MR) is 66.0 cm³/mol. The van der Waals surface area contributed by atoms with Crippen LogP contribution in [0.25, 0.3) is 0 Å². The summed E-state index contributed by atoms with van der Waals surface area (Å²) in [7, 11) is 1.67. The van der Waals surface area contributed by atoms with Gasteiger partial charge in [-0.2, -0.15) is 0 Å². The number of carbonyl (C=O) groups is 1. The molecule has 1 saturated carbocycles. The fourth-order valence-corrected chi connectivity index (χ4v) is 2.21. The van der Waals surface area contributed by atoms with E-state index in [1.165, 1.54) is 29.9 Å². The number of aryl methyl sites for hydroxylation is 1. The minimum atomic E-state index is -0.152. The number of nitrogens with zero attached hydrogens (tertiary/aromatic N) is 1. The van der Waals surface area contributed by atoms with Gasteiger partial charge in [0.25, 0.3) is 11.5 Å². The van der Waals surface area contributed by atoms with E-state index in [9.17, 15) is 9.59 Å². The molecule has 1 aromatic rings. The lowest BCUT2D eigenvalue weighted by molar-refractivity contribution is 0.0927. The molecule has 1 N–H and O–H groups in total. The Labute approximate surface area is 101 Å². The molecule has 2 rings (SSSR count). The van der Waals surface area contributed by atoms with Crippen LogP contribution in [-0.4, -0.2) is 16.5 Å². The van der Waals surface area contributed by atoms with Crippen molar-refractivity contribution in [2.75, 3.05) is 0 Å². The highest BCUT2D eigenvalue weighted by Gasteiger charge is 2.16. The van der Waals surface area contributed by atoms with E-state index in [4.69, 9.17) is 0 Å². The van der Waals surface area contributed by atoms with Crippen molar-refractivity contribution in [1.82, 2.24) is 9.88 Å². The summed E-state index contributed by atoms with van der Waals surface area (Å²) in [6.07, 6.45) is 7.35. The third-order valence-corrected chi connectivity index (χ3v) is 3.31. The maximum atomic E-state index is 11.9. The number of pyridine rings is 1. The minimum absolute atomic E-state index is 0.130. The summed E-state index contributed by atoms with van der Waals surface area (Å²) in [6.45, 7) is 0. The van der Waals surface area contributed by atoms with Gasteiger partial charge in [-0.25, -0.2) is 0 Å². The Balaban J connectivity index is 2.03. The maximum Gasteiger partial charge on any atom is 0.251 e. The van der Waals surface area contributed by atoms with E-state index < -0.39 is 0 Å². The van der Waals surface area contributed by atoms with Crippen molar-refractivity contribution in [3.8, 4) is 0 Å². The summed E-state index contributed by atoms with van der Waals surface area (Å²) >= 11 is 0. The van der Waals surface area contributed by atoms with Crippen LogP contribution in [0.1, 0.15) is 42.5 Å². The summed E-state index contributed by atoms with van der Waals surface area (Å²) in [4.78, 5) is 23.3. The molecule has 0 aliphatic heterocycles. The Kier molecular flexibility index (Phi) is 3.61. The maximum absolute atomic E-state index is 11.9. The Bertz CT molecular complexity index is 459. The van der Waals surface area contributed by atoms with E-state index >= 15 is 0 Å². The normalized spacial score (nSPS) is 16.8.